The molecule has 0 bridgehead atoms. The molecule has 5 aromatic rings. The molecule has 182 valence electrons. The third-order valence-electron chi connectivity index (χ3n) is 6.84. The molecule has 0 aliphatic heterocycles. The normalized spacial score (nSPS) is 11.2. The van der Waals surface area contributed by atoms with Crippen molar-refractivity contribution in [1.29, 1.82) is 0 Å². The molecule has 0 fully saturated rings. The summed E-state index contributed by atoms with van der Waals surface area (Å²) >= 11 is 0. The second-order valence-corrected chi connectivity index (χ2v) is 9.73. The maximum absolute atomic E-state index is 13.9. The van der Waals surface area contributed by atoms with Gasteiger partial charge >= 0.3 is 0 Å². The van der Waals surface area contributed by atoms with Gasteiger partial charge in [-0.3, -0.25) is 9.36 Å². The van der Waals surface area contributed by atoms with E-state index in [4.69, 9.17) is 4.98 Å². The van der Waals surface area contributed by atoms with E-state index in [1.54, 1.807) is 4.57 Å². The Morgan fingerprint density at radius 1 is 0.806 bits per heavy atom. The molecule has 3 aromatic carbocycles. The van der Waals surface area contributed by atoms with Gasteiger partial charge in [0.2, 0.25) is 5.95 Å². The summed E-state index contributed by atoms with van der Waals surface area (Å²) in [5.74, 6) is 0.658. The molecule has 5 rings (SSSR count). The molecule has 0 saturated heterocycles. The van der Waals surface area contributed by atoms with Crippen molar-refractivity contribution in [2.45, 2.75) is 33.9 Å². The van der Waals surface area contributed by atoms with Crippen molar-refractivity contribution in [3.05, 3.63) is 117 Å². The van der Waals surface area contributed by atoms with E-state index in [0.717, 1.165) is 11.1 Å². The Morgan fingerprint density at radius 3 is 1.86 bits per heavy atom. The second kappa shape index (κ2) is 9.50. The molecule has 0 aliphatic carbocycles. The minimum atomic E-state index is -0.0314. The summed E-state index contributed by atoms with van der Waals surface area (Å²) in [6, 6.07) is 25.0. The summed E-state index contributed by atoms with van der Waals surface area (Å²) < 4.78 is 3.69. The predicted octanol–water partition coefficient (Wildman–Crippen LogP) is 6.07. The van der Waals surface area contributed by atoms with Gasteiger partial charge < -0.3 is 9.47 Å². The molecule has 0 saturated carbocycles. The van der Waals surface area contributed by atoms with Gasteiger partial charge in [-0.05, 0) is 48.6 Å². The summed E-state index contributed by atoms with van der Waals surface area (Å²) in [5.41, 5.74) is 8.62. The average molecular weight is 477 g/mol. The van der Waals surface area contributed by atoms with E-state index in [1.165, 1.54) is 27.8 Å². The summed E-state index contributed by atoms with van der Waals surface area (Å²) in [6.45, 7) is 7.63. The van der Waals surface area contributed by atoms with Crippen LogP contribution in [0.2, 0.25) is 0 Å². The van der Waals surface area contributed by atoms with Crippen LogP contribution in [0, 0.1) is 20.8 Å². The fourth-order valence-corrected chi connectivity index (χ4v) is 5.27. The first-order valence-electron chi connectivity index (χ1n) is 12.3. The SMILES string of the molecule is Cc1cc(C)c(-c2cn(C)c3nc(N(Cc4ccccc4)Cc4ccccc4)n(C)c(=O)c23)c(C)c1. The highest BCUT2D eigenvalue weighted by molar-refractivity contribution is 5.95. The van der Waals surface area contributed by atoms with Gasteiger partial charge in [0.25, 0.3) is 5.56 Å². The number of rotatable bonds is 6. The van der Waals surface area contributed by atoms with Gasteiger partial charge in [0.15, 0.2) is 0 Å². The molecule has 5 nitrogen and oxygen atoms in total. The zero-order chi connectivity index (χ0) is 25.4. The Bertz CT molecular complexity index is 1530. The molecular formula is C31H32N4O. The fourth-order valence-electron chi connectivity index (χ4n) is 5.27. The van der Waals surface area contributed by atoms with E-state index in [2.05, 4.69) is 62.1 Å². The second-order valence-electron chi connectivity index (χ2n) is 9.73. The molecule has 2 aromatic heterocycles. The molecule has 0 aliphatic rings. The lowest BCUT2D eigenvalue weighted by Crippen LogP contribution is -2.31. The van der Waals surface area contributed by atoms with E-state index in [0.29, 0.717) is 30.1 Å². The van der Waals surface area contributed by atoms with Crippen LogP contribution in [-0.2, 0) is 27.2 Å². The monoisotopic (exact) mass is 476 g/mol. The summed E-state index contributed by atoms with van der Waals surface area (Å²) in [7, 11) is 3.80. The Morgan fingerprint density at radius 2 is 1.33 bits per heavy atom. The molecule has 0 unspecified atom stereocenters. The molecular weight excluding hydrogens is 444 g/mol. The van der Waals surface area contributed by atoms with Crippen molar-refractivity contribution in [3.8, 4) is 11.1 Å². The number of hydrogen-bond acceptors (Lipinski definition) is 3. The van der Waals surface area contributed by atoms with Crippen LogP contribution in [0.3, 0.4) is 0 Å². The van der Waals surface area contributed by atoms with E-state index >= 15 is 0 Å². The lowest BCUT2D eigenvalue weighted by molar-refractivity contribution is 0.706. The Labute approximate surface area is 212 Å². The average Bonchev–Trinajstić information content (AvgIpc) is 3.17. The van der Waals surface area contributed by atoms with Crippen LogP contribution in [0.15, 0.2) is 83.8 Å². The van der Waals surface area contributed by atoms with Crippen LogP contribution < -0.4 is 10.5 Å². The van der Waals surface area contributed by atoms with Crippen LogP contribution in [0.1, 0.15) is 27.8 Å². The van der Waals surface area contributed by atoms with Gasteiger partial charge in [-0.1, -0.05) is 78.4 Å². The fraction of sp³-hybridized carbons (Fsp3) is 0.226. The number of fused-ring (bicyclic) bond motifs is 1. The van der Waals surface area contributed by atoms with Gasteiger partial charge in [0.1, 0.15) is 5.65 Å². The minimum absolute atomic E-state index is 0.0314. The Kier molecular flexibility index (Phi) is 6.23. The van der Waals surface area contributed by atoms with E-state index in [9.17, 15) is 4.79 Å². The van der Waals surface area contributed by atoms with Crippen molar-refractivity contribution in [1.82, 2.24) is 14.1 Å². The van der Waals surface area contributed by atoms with Gasteiger partial charge in [-0.25, -0.2) is 0 Å². The van der Waals surface area contributed by atoms with Crippen LogP contribution >= 0.6 is 0 Å². The number of benzene rings is 3. The Balaban J connectivity index is 1.69. The van der Waals surface area contributed by atoms with Crippen LogP contribution in [0.25, 0.3) is 22.2 Å². The first-order chi connectivity index (χ1) is 17.3. The van der Waals surface area contributed by atoms with Gasteiger partial charge in [-0.2, -0.15) is 4.98 Å². The smallest absolute Gasteiger partial charge is 0.264 e. The number of hydrogen-bond donors (Lipinski definition) is 0. The third-order valence-corrected chi connectivity index (χ3v) is 6.84. The molecule has 0 spiro atoms. The molecule has 0 amide bonds. The molecule has 0 radical (unpaired) electrons. The standard InChI is InChI=1S/C31H32N4O/c1-21-16-22(2)27(23(3)17-21)26-20-33(4)29-28(26)30(36)34(5)31(32-29)35(18-24-12-8-6-9-13-24)19-25-14-10-7-11-15-25/h6-17,20H,18-19H2,1-5H3. The molecule has 5 heteroatoms. The van der Waals surface area contributed by atoms with Crippen molar-refractivity contribution >= 4 is 17.0 Å². The number of anilines is 1. The number of aromatic nitrogens is 3. The summed E-state index contributed by atoms with van der Waals surface area (Å²) in [5, 5.41) is 0.665. The largest absolute Gasteiger partial charge is 0.335 e. The van der Waals surface area contributed by atoms with Crippen molar-refractivity contribution in [2.75, 3.05) is 4.90 Å². The maximum Gasteiger partial charge on any atom is 0.264 e. The third kappa shape index (κ3) is 4.33. The first kappa shape index (κ1) is 23.6. The Hall–Kier alpha value is -4.12. The van der Waals surface area contributed by atoms with Crippen molar-refractivity contribution in [3.63, 3.8) is 0 Å². The highest BCUT2D eigenvalue weighted by atomic mass is 16.1. The van der Waals surface area contributed by atoms with E-state index < -0.39 is 0 Å². The number of nitrogens with zero attached hydrogens (tertiary/aromatic N) is 4. The summed E-state index contributed by atoms with van der Waals surface area (Å²) in [4.78, 5) is 21.2. The number of aryl methyl sites for hydroxylation is 4. The maximum atomic E-state index is 13.9. The topological polar surface area (TPSA) is 43.1 Å². The molecule has 36 heavy (non-hydrogen) atoms. The minimum Gasteiger partial charge on any atom is -0.335 e. The lowest BCUT2D eigenvalue weighted by Gasteiger charge is -2.26. The van der Waals surface area contributed by atoms with Crippen molar-refractivity contribution < 1.29 is 0 Å². The van der Waals surface area contributed by atoms with Crippen molar-refractivity contribution in [2.24, 2.45) is 14.1 Å². The van der Waals surface area contributed by atoms with E-state index in [-0.39, 0.29) is 5.56 Å². The molecule has 2 heterocycles. The quantitative estimate of drug-likeness (QED) is 0.299. The van der Waals surface area contributed by atoms with Crippen LogP contribution in [-0.4, -0.2) is 14.1 Å². The zero-order valence-corrected chi connectivity index (χ0v) is 21.6. The zero-order valence-electron chi connectivity index (χ0n) is 21.6. The first-order valence-corrected chi connectivity index (χ1v) is 12.3. The van der Waals surface area contributed by atoms with Gasteiger partial charge in [0, 0.05) is 38.9 Å². The highest BCUT2D eigenvalue weighted by Gasteiger charge is 2.22. The molecule has 0 atom stereocenters. The molecule has 0 N–H and O–H groups in total. The van der Waals surface area contributed by atoms with E-state index in [1.807, 2.05) is 61.3 Å². The summed E-state index contributed by atoms with van der Waals surface area (Å²) in [6.07, 6.45) is 2.05. The van der Waals surface area contributed by atoms with Gasteiger partial charge in [-0.15, -0.1) is 0 Å². The lowest BCUT2D eigenvalue weighted by atomic mass is 9.94. The van der Waals surface area contributed by atoms with Crippen LogP contribution in [0.4, 0.5) is 5.95 Å². The predicted molar refractivity (Wildman–Crippen MR) is 148 cm³/mol. The highest BCUT2D eigenvalue weighted by Crippen LogP contribution is 2.34. The van der Waals surface area contributed by atoms with Gasteiger partial charge in [0.05, 0.1) is 5.39 Å². The van der Waals surface area contributed by atoms with Crippen LogP contribution in [0.5, 0.6) is 0 Å².